The summed E-state index contributed by atoms with van der Waals surface area (Å²) in [6, 6.07) is 1.89. The van der Waals surface area contributed by atoms with E-state index in [0.29, 0.717) is 17.5 Å². The number of rotatable bonds is 8. The maximum Gasteiger partial charge on any atom is 0.232 e. The van der Waals surface area contributed by atoms with E-state index in [2.05, 4.69) is 23.8 Å². The van der Waals surface area contributed by atoms with Gasteiger partial charge in [0.2, 0.25) is 5.88 Å². The van der Waals surface area contributed by atoms with Crippen LogP contribution < -0.4 is 10.1 Å². The van der Waals surface area contributed by atoms with Crippen molar-refractivity contribution in [1.82, 2.24) is 10.3 Å². The van der Waals surface area contributed by atoms with E-state index in [0.717, 1.165) is 31.5 Å². The fraction of sp³-hybridized carbons (Fsp3) is 0.462. The van der Waals surface area contributed by atoms with E-state index in [1.54, 1.807) is 12.3 Å². The van der Waals surface area contributed by atoms with E-state index in [1.807, 2.05) is 6.07 Å². The van der Waals surface area contributed by atoms with Crippen LogP contribution in [0.1, 0.15) is 25.3 Å². The van der Waals surface area contributed by atoms with Gasteiger partial charge in [0.25, 0.3) is 0 Å². The highest BCUT2D eigenvalue weighted by molar-refractivity contribution is 6.31. The van der Waals surface area contributed by atoms with Gasteiger partial charge in [0.05, 0.1) is 6.61 Å². The van der Waals surface area contributed by atoms with Gasteiger partial charge in [-0.2, -0.15) is 0 Å². The fourth-order valence-corrected chi connectivity index (χ4v) is 1.56. The fourth-order valence-electron chi connectivity index (χ4n) is 1.32. The van der Waals surface area contributed by atoms with Gasteiger partial charge in [-0.3, -0.25) is 0 Å². The van der Waals surface area contributed by atoms with Crippen molar-refractivity contribution in [3.05, 3.63) is 35.5 Å². The first-order valence-electron chi connectivity index (χ1n) is 5.86. The molecule has 0 saturated carbocycles. The number of pyridine rings is 1. The van der Waals surface area contributed by atoms with Crippen molar-refractivity contribution in [2.75, 3.05) is 13.2 Å². The zero-order valence-corrected chi connectivity index (χ0v) is 11.0. The summed E-state index contributed by atoms with van der Waals surface area (Å²) in [6.07, 6.45) is 5.50. The molecule has 94 valence electrons. The molecule has 1 N–H and O–H groups in total. The van der Waals surface area contributed by atoms with E-state index in [-0.39, 0.29) is 0 Å². The Bertz CT molecular complexity index is 355. The lowest BCUT2D eigenvalue weighted by molar-refractivity contribution is 0.312. The normalized spacial score (nSPS) is 10.2. The topological polar surface area (TPSA) is 34.1 Å². The van der Waals surface area contributed by atoms with Crippen molar-refractivity contribution in [2.24, 2.45) is 0 Å². The molecule has 0 fully saturated rings. The molecule has 4 heteroatoms. The Morgan fingerprint density at radius 2 is 2.41 bits per heavy atom. The highest BCUT2D eigenvalue weighted by atomic mass is 35.5. The number of nitrogens with one attached hydrogen (secondary N) is 1. The highest BCUT2D eigenvalue weighted by Gasteiger charge is 2.04. The number of ether oxygens (including phenoxy) is 1. The van der Waals surface area contributed by atoms with Crippen LogP contribution >= 0.6 is 11.6 Å². The molecule has 0 bridgehead atoms. The predicted octanol–water partition coefficient (Wildman–Crippen LogP) is 3.19. The molecule has 0 aliphatic heterocycles. The first-order chi connectivity index (χ1) is 8.27. The monoisotopic (exact) mass is 254 g/mol. The van der Waals surface area contributed by atoms with Crippen molar-refractivity contribution >= 4 is 11.6 Å². The summed E-state index contributed by atoms with van der Waals surface area (Å²) < 4.78 is 5.42. The average Bonchev–Trinajstić information content (AvgIpc) is 2.32. The van der Waals surface area contributed by atoms with Gasteiger partial charge in [0, 0.05) is 12.7 Å². The molecule has 0 amide bonds. The molecule has 1 aromatic rings. The zero-order valence-electron chi connectivity index (χ0n) is 10.2. The summed E-state index contributed by atoms with van der Waals surface area (Å²) >= 11 is 6.08. The van der Waals surface area contributed by atoms with Crippen molar-refractivity contribution in [3.63, 3.8) is 0 Å². The molecule has 1 aromatic heterocycles. The summed E-state index contributed by atoms with van der Waals surface area (Å²) in [5, 5.41) is 3.86. The minimum Gasteiger partial charge on any atom is -0.476 e. The van der Waals surface area contributed by atoms with Gasteiger partial charge in [-0.05, 0) is 31.0 Å². The van der Waals surface area contributed by atoms with Crippen LogP contribution in [0, 0.1) is 0 Å². The second kappa shape index (κ2) is 8.09. The molecule has 0 spiro atoms. The van der Waals surface area contributed by atoms with Crippen LogP contribution in [-0.4, -0.2) is 18.1 Å². The van der Waals surface area contributed by atoms with Crippen molar-refractivity contribution in [2.45, 2.75) is 26.3 Å². The van der Waals surface area contributed by atoms with Gasteiger partial charge in [-0.1, -0.05) is 24.6 Å². The van der Waals surface area contributed by atoms with Crippen LogP contribution in [0.15, 0.2) is 24.9 Å². The van der Waals surface area contributed by atoms with E-state index in [1.165, 1.54) is 0 Å². The van der Waals surface area contributed by atoms with Crippen LogP contribution in [0.5, 0.6) is 5.88 Å². The maximum atomic E-state index is 6.08. The lowest BCUT2D eigenvalue weighted by Crippen LogP contribution is -2.14. The van der Waals surface area contributed by atoms with Gasteiger partial charge in [-0.25, -0.2) is 4.98 Å². The van der Waals surface area contributed by atoms with Crippen LogP contribution in [0.25, 0.3) is 0 Å². The molecule has 0 atom stereocenters. The number of nitrogens with zero attached hydrogens (tertiary/aromatic N) is 1. The Labute approximate surface area is 108 Å². The Morgan fingerprint density at radius 3 is 3.06 bits per heavy atom. The molecule has 0 aliphatic rings. The second-order valence-electron chi connectivity index (χ2n) is 3.73. The quantitative estimate of drug-likeness (QED) is 0.572. The minimum atomic E-state index is 0.493. The Hall–Kier alpha value is -1.06. The average molecular weight is 255 g/mol. The molecule has 0 aromatic carbocycles. The summed E-state index contributed by atoms with van der Waals surface area (Å²) in [6.45, 7) is 8.10. The van der Waals surface area contributed by atoms with E-state index < -0.39 is 0 Å². The molecule has 1 heterocycles. The lowest BCUT2D eigenvalue weighted by Gasteiger charge is -2.08. The first-order valence-corrected chi connectivity index (χ1v) is 6.24. The van der Waals surface area contributed by atoms with Crippen LogP contribution in [0.3, 0.4) is 0 Å². The molecule has 0 saturated heterocycles. The third-order valence-corrected chi connectivity index (χ3v) is 2.45. The van der Waals surface area contributed by atoms with E-state index in [4.69, 9.17) is 16.3 Å². The SMILES string of the molecule is C=CCCOc1ncc(CNCCC)cc1Cl. The maximum absolute atomic E-state index is 6.08. The van der Waals surface area contributed by atoms with Crippen molar-refractivity contribution in [1.29, 1.82) is 0 Å². The van der Waals surface area contributed by atoms with E-state index in [9.17, 15) is 0 Å². The largest absolute Gasteiger partial charge is 0.476 e. The van der Waals surface area contributed by atoms with Crippen LogP contribution in [-0.2, 0) is 6.54 Å². The summed E-state index contributed by atoms with van der Waals surface area (Å²) in [5.74, 6) is 0.493. The summed E-state index contributed by atoms with van der Waals surface area (Å²) in [7, 11) is 0. The molecule has 17 heavy (non-hydrogen) atoms. The number of halogens is 1. The smallest absolute Gasteiger partial charge is 0.232 e. The molecule has 1 rings (SSSR count). The van der Waals surface area contributed by atoms with Gasteiger partial charge in [0.1, 0.15) is 5.02 Å². The number of aromatic nitrogens is 1. The zero-order chi connectivity index (χ0) is 12.5. The molecule has 3 nitrogen and oxygen atoms in total. The molecular formula is C13H19ClN2O. The van der Waals surface area contributed by atoms with Crippen LogP contribution in [0.2, 0.25) is 5.02 Å². The van der Waals surface area contributed by atoms with E-state index >= 15 is 0 Å². The third-order valence-electron chi connectivity index (χ3n) is 2.18. The standard InChI is InChI=1S/C13H19ClN2O/c1-3-5-7-17-13-12(14)8-11(10-16-13)9-15-6-4-2/h3,8,10,15H,1,4-7,9H2,2H3. The lowest BCUT2D eigenvalue weighted by atomic mass is 10.3. The summed E-state index contributed by atoms with van der Waals surface area (Å²) in [4.78, 5) is 4.20. The highest BCUT2D eigenvalue weighted by Crippen LogP contribution is 2.22. The van der Waals surface area contributed by atoms with Crippen molar-refractivity contribution in [3.8, 4) is 5.88 Å². The number of hydrogen-bond acceptors (Lipinski definition) is 3. The van der Waals surface area contributed by atoms with Gasteiger partial charge < -0.3 is 10.1 Å². The van der Waals surface area contributed by atoms with Gasteiger partial charge in [-0.15, -0.1) is 6.58 Å². The first kappa shape index (κ1) is 14.0. The molecular weight excluding hydrogens is 236 g/mol. The summed E-state index contributed by atoms with van der Waals surface area (Å²) in [5.41, 5.74) is 1.07. The minimum absolute atomic E-state index is 0.493. The number of hydrogen-bond donors (Lipinski definition) is 1. The Morgan fingerprint density at radius 1 is 1.59 bits per heavy atom. The molecule has 0 aliphatic carbocycles. The molecule has 0 unspecified atom stereocenters. The van der Waals surface area contributed by atoms with Gasteiger partial charge >= 0.3 is 0 Å². The Kier molecular flexibility index (Phi) is 6.67. The third kappa shape index (κ3) is 5.20. The van der Waals surface area contributed by atoms with Gasteiger partial charge in [0.15, 0.2) is 0 Å². The molecule has 0 radical (unpaired) electrons. The predicted molar refractivity (Wildman–Crippen MR) is 71.6 cm³/mol. The Balaban J connectivity index is 2.50. The van der Waals surface area contributed by atoms with Crippen molar-refractivity contribution < 1.29 is 4.74 Å². The second-order valence-corrected chi connectivity index (χ2v) is 4.14. The van der Waals surface area contributed by atoms with Crippen LogP contribution in [0.4, 0.5) is 0 Å².